The lowest BCUT2D eigenvalue weighted by Crippen LogP contribution is -2.28. The number of fused-ring (bicyclic) bond motifs is 2. The first-order valence-corrected chi connectivity index (χ1v) is 11.2. The van der Waals surface area contributed by atoms with Crippen LogP contribution >= 0.6 is 23.4 Å². The van der Waals surface area contributed by atoms with Gasteiger partial charge in [0.15, 0.2) is 16.7 Å². The van der Waals surface area contributed by atoms with Crippen LogP contribution in [-0.4, -0.2) is 36.5 Å². The summed E-state index contributed by atoms with van der Waals surface area (Å²) >= 11 is 7.92. The standard InChI is InChI=1S/C22H23ClN2O4S/c1-14(12-27-2)25-21(26)16-6-3-4-7-18(16)24-22(25)30-13-15-10-17(23)20-19(11-15)28-8-5-9-29-20/h3-4,6-7,10-11,14H,5,8-9,12-13H2,1-2H3/t14-/m0/s1. The molecule has 0 unspecified atom stereocenters. The van der Waals surface area contributed by atoms with Crippen molar-refractivity contribution in [1.29, 1.82) is 0 Å². The van der Waals surface area contributed by atoms with Crippen LogP contribution in [0.15, 0.2) is 46.3 Å². The molecule has 1 aromatic heterocycles. The van der Waals surface area contributed by atoms with Crippen molar-refractivity contribution in [1.82, 2.24) is 9.55 Å². The van der Waals surface area contributed by atoms with Crippen LogP contribution in [0.2, 0.25) is 5.02 Å². The molecule has 158 valence electrons. The normalized spacial score (nSPS) is 14.5. The highest BCUT2D eigenvalue weighted by Gasteiger charge is 2.19. The van der Waals surface area contributed by atoms with Crippen LogP contribution in [0.4, 0.5) is 0 Å². The molecule has 3 aromatic rings. The quantitative estimate of drug-likeness (QED) is 0.403. The molecule has 30 heavy (non-hydrogen) atoms. The summed E-state index contributed by atoms with van der Waals surface area (Å²) in [5.74, 6) is 1.84. The molecule has 1 aliphatic rings. The number of methoxy groups -OCH3 is 1. The number of rotatable bonds is 6. The van der Waals surface area contributed by atoms with Crippen LogP contribution in [0.25, 0.3) is 10.9 Å². The first-order chi connectivity index (χ1) is 14.6. The Bertz CT molecular complexity index is 1120. The number of ether oxygens (including phenoxy) is 3. The third kappa shape index (κ3) is 4.29. The number of hydrogen-bond acceptors (Lipinski definition) is 6. The summed E-state index contributed by atoms with van der Waals surface area (Å²) in [5, 5.41) is 1.77. The summed E-state index contributed by atoms with van der Waals surface area (Å²) in [6, 6.07) is 11.1. The summed E-state index contributed by atoms with van der Waals surface area (Å²) in [5.41, 5.74) is 1.59. The minimum absolute atomic E-state index is 0.0654. The molecule has 8 heteroatoms. The zero-order valence-corrected chi connectivity index (χ0v) is 18.5. The lowest BCUT2D eigenvalue weighted by Gasteiger charge is -2.19. The molecule has 0 radical (unpaired) electrons. The number of para-hydroxylation sites is 1. The van der Waals surface area contributed by atoms with E-state index in [0.29, 0.717) is 58.2 Å². The third-order valence-corrected chi connectivity index (χ3v) is 6.16. The van der Waals surface area contributed by atoms with Crippen molar-refractivity contribution in [3.05, 3.63) is 57.3 Å². The van der Waals surface area contributed by atoms with E-state index < -0.39 is 0 Å². The zero-order chi connectivity index (χ0) is 21.1. The molecule has 2 heterocycles. The summed E-state index contributed by atoms with van der Waals surface area (Å²) in [6.07, 6.45) is 0.819. The van der Waals surface area contributed by atoms with Gasteiger partial charge in [-0.15, -0.1) is 0 Å². The molecule has 4 rings (SSSR count). The monoisotopic (exact) mass is 446 g/mol. The molecular weight excluding hydrogens is 424 g/mol. The number of hydrogen-bond donors (Lipinski definition) is 0. The lowest BCUT2D eigenvalue weighted by atomic mass is 10.2. The fourth-order valence-corrected chi connectivity index (χ4v) is 4.76. The Balaban J connectivity index is 1.68. The van der Waals surface area contributed by atoms with Crippen molar-refractivity contribution in [2.24, 2.45) is 0 Å². The summed E-state index contributed by atoms with van der Waals surface area (Å²) in [7, 11) is 1.63. The van der Waals surface area contributed by atoms with Gasteiger partial charge in [-0.3, -0.25) is 9.36 Å². The summed E-state index contributed by atoms with van der Waals surface area (Å²) in [4.78, 5) is 17.9. The first-order valence-electron chi connectivity index (χ1n) is 9.79. The van der Waals surface area contributed by atoms with E-state index in [-0.39, 0.29) is 11.6 Å². The molecule has 0 fully saturated rings. The van der Waals surface area contributed by atoms with Crippen molar-refractivity contribution < 1.29 is 14.2 Å². The third-order valence-electron chi connectivity index (χ3n) is 4.85. The van der Waals surface area contributed by atoms with Crippen molar-refractivity contribution in [2.75, 3.05) is 26.9 Å². The molecule has 0 amide bonds. The Morgan fingerprint density at radius 3 is 2.90 bits per heavy atom. The predicted molar refractivity (Wildman–Crippen MR) is 119 cm³/mol. The van der Waals surface area contributed by atoms with Gasteiger partial charge in [-0.25, -0.2) is 4.98 Å². The van der Waals surface area contributed by atoms with Crippen LogP contribution in [-0.2, 0) is 10.5 Å². The average molecular weight is 447 g/mol. The second-order valence-corrected chi connectivity index (χ2v) is 8.48. The minimum Gasteiger partial charge on any atom is -0.489 e. The number of thioether (sulfide) groups is 1. The van der Waals surface area contributed by atoms with Gasteiger partial charge in [0.1, 0.15) is 0 Å². The van der Waals surface area contributed by atoms with E-state index in [1.165, 1.54) is 11.8 Å². The largest absolute Gasteiger partial charge is 0.489 e. The van der Waals surface area contributed by atoms with E-state index in [0.717, 1.165) is 12.0 Å². The van der Waals surface area contributed by atoms with E-state index in [1.54, 1.807) is 17.7 Å². The van der Waals surface area contributed by atoms with Crippen LogP contribution in [0.5, 0.6) is 11.5 Å². The SMILES string of the molecule is COC[C@H](C)n1c(SCc2cc(Cl)c3c(c2)OCCCO3)nc2ccccc2c1=O. The van der Waals surface area contributed by atoms with Crippen molar-refractivity contribution in [2.45, 2.75) is 30.3 Å². The lowest BCUT2D eigenvalue weighted by molar-refractivity contribution is 0.156. The molecule has 0 saturated carbocycles. The predicted octanol–water partition coefficient (Wildman–Crippen LogP) is 4.71. The van der Waals surface area contributed by atoms with E-state index in [4.69, 9.17) is 30.8 Å². The van der Waals surface area contributed by atoms with E-state index >= 15 is 0 Å². The maximum Gasteiger partial charge on any atom is 0.262 e. The second kappa shape index (κ2) is 9.29. The second-order valence-electron chi connectivity index (χ2n) is 7.14. The Hall–Kier alpha value is -2.22. The fraction of sp³-hybridized carbons (Fsp3) is 0.364. The van der Waals surface area contributed by atoms with Crippen molar-refractivity contribution in [3.8, 4) is 11.5 Å². The van der Waals surface area contributed by atoms with Crippen molar-refractivity contribution >= 4 is 34.3 Å². The van der Waals surface area contributed by atoms with Crippen LogP contribution in [0.1, 0.15) is 24.9 Å². The maximum atomic E-state index is 13.2. The van der Waals surface area contributed by atoms with E-state index in [9.17, 15) is 4.79 Å². The Morgan fingerprint density at radius 2 is 2.07 bits per heavy atom. The van der Waals surface area contributed by atoms with Crippen LogP contribution in [0.3, 0.4) is 0 Å². The molecule has 0 spiro atoms. The molecule has 2 aromatic carbocycles. The van der Waals surface area contributed by atoms with Gasteiger partial charge in [-0.05, 0) is 36.8 Å². The first kappa shape index (κ1) is 21.0. The molecule has 0 aliphatic carbocycles. The van der Waals surface area contributed by atoms with Crippen LogP contribution < -0.4 is 15.0 Å². The molecule has 1 atom stereocenters. The van der Waals surface area contributed by atoms with Gasteiger partial charge in [0.05, 0.1) is 41.8 Å². The smallest absolute Gasteiger partial charge is 0.262 e. The van der Waals surface area contributed by atoms with Gasteiger partial charge in [0.25, 0.3) is 5.56 Å². The highest BCUT2D eigenvalue weighted by Crippen LogP contribution is 2.39. The summed E-state index contributed by atoms with van der Waals surface area (Å²) in [6.45, 7) is 3.56. The Morgan fingerprint density at radius 1 is 1.27 bits per heavy atom. The topological polar surface area (TPSA) is 62.6 Å². The van der Waals surface area contributed by atoms with Gasteiger partial charge in [-0.2, -0.15) is 0 Å². The fourth-order valence-electron chi connectivity index (χ4n) is 3.45. The van der Waals surface area contributed by atoms with E-state index in [2.05, 4.69) is 0 Å². The van der Waals surface area contributed by atoms with Crippen molar-refractivity contribution in [3.63, 3.8) is 0 Å². The maximum absolute atomic E-state index is 13.2. The number of benzene rings is 2. The van der Waals surface area contributed by atoms with Gasteiger partial charge < -0.3 is 14.2 Å². The highest BCUT2D eigenvalue weighted by molar-refractivity contribution is 7.98. The average Bonchev–Trinajstić information content (AvgIpc) is 2.98. The van der Waals surface area contributed by atoms with E-state index in [1.807, 2.05) is 37.3 Å². The van der Waals surface area contributed by atoms with Gasteiger partial charge in [0.2, 0.25) is 0 Å². The minimum atomic E-state index is -0.144. The highest BCUT2D eigenvalue weighted by atomic mass is 35.5. The molecule has 0 saturated heterocycles. The molecule has 6 nitrogen and oxygen atoms in total. The molecular formula is C22H23ClN2O4S. The number of aromatic nitrogens is 2. The van der Waals surface area contributed by atoms with Gasteiger partial charge in [0, 0.05) is 19.3 Å². The molecule has 0 N–H and O–H groups in total. The van der Waals surface area contributed by atoms with Crippen LogP contribution in [0, 0.1) is 0 Å². The zero-order valence-electron chi connectivity index (χ0n) is 16.9. The Kier molecular flexibility index (Phi) is 6.51. The summed E-state index contributed by atoms with van der Waals surface area (Å²) < 4.78 is 18.5. The number of halogens is 1. The Labute approximate surface area is 184 Å². The van der Waals surface area contributed by atoms with Gasteiger partial charge >= 0.3 is 0 Å². The molecule has 0 bridgehead atoms. The number of nitrogens with zero attached hydrogens (tertiary/aromatic N) is 2. The van der Waals surface area contributed by atoms with Gasteiger partial charge in [-0.1, -0.05) is 35.5 Å². The molecule has 1 aliphatic heterocycles.